The van der Waals surface area contributed by atoms with Crippen LogP contribution in [0.5, 0.6) is 0 Å². The van der Waals surface area contributed by atoms with Crippen LogP contribution in [-0.2, 0) is 14.3 Å². The molecule has 0 spiro atoms. The summed E-state index contributed by atoms with van der Waals surface area (Å²) in [5.74, 6) is 0.0820. The van der Waals surface area contributed by atoms with Crippen molar-refractivity contribution >= 4 is 5.91 Å². The minimum absolute atomic E-state index is 0.0704. The third-order valence-electron chi connectivity index (χ3n) is 4.57. The molecular weight excluding hydrogens is 232 g/mol. The molecule has 0 aromatic heterocycles. The predicted molar refractivity (Wildman–Crippen MR) is 68.0 cm³/mol. The Hall–Kier alpha value is -0.650. The van der Waals surface area contributed by atoms with E-state index in [9.17, 15) is 4.79 Å². The maximum absolute atomic E-state index is 12.3. The molecule has 1 saturated carbocycles. The molecular formula is C13H24N2O3. The van der Waals surface area contributed by atoms with Gasteiger partial charge in [0.05, 0.1) is 12.7 Å². The molecule has 2 rings (SSSR count). The Labute approximate surface area is 108 Å². The molecule has 1 heterocycles. The molecule has 1 saturated heterocycles. The highest BCUT2D eigenvalue weighted by atomic mass is 16.5. The van der Waals surface area contributed by atoms with Crippen molar-refractivity contribution < 1.29 is 14.3 Å². The molecule has 2 fully saturated rings. The summed E-state index contributed by atoms with van der Waals surface area (Å²) in [6.45, 7) is 8.38. The number of hydrogen-bond acceptors (Lipinski definition) is 4. The minimum atomic E-state index is -0.805. The molecule has 0 bridgehead atoms. The lowest BCUT2D eigenvalue weighted by molar-refractivity contribution is -0.175. The average Bonchev–Trinajstić information content (AvgIpc) is 2.81. The summed E-state index contributed by atoms with van der Waals surface area (Å²) >= 11 is 0. The smallest absolute Gasteiger partial charge is 0.241 e. The van der Waals surface area contributed by atoms with Crippen LogP contribution >= 0.6 is 0 Å². The Balaban J connectivity index is 1.96. The average molecular weight is 256 g/mol. The van der Waals surface area contributed by atoms with E-state index >= 15 is 0 Å². The lowest BCUT2D eigenvalue weighted by atomic mass is 9.48. The molecule has 18 heavy (non-hydrogen) atoms. The van der Waals surface area contributed by atoms with Crippen molar-refractivity contribution in [2.45, 2.75) is 38.8 Å². The highest BCUT2D eigenvalue weighted by Gasteiger charge is 2.71. The first kappa shape index (κ1) is 13.8. The Kier molecular flexibility index (Phi) is 3.67. The van der Waals surface area contributed by atoms with Crippen LogP contribution in [0.4, 0.5) is 0 Å². The van der Waals surface area contributed by atoms with Gasteiger partial charge >= 0.3 is 0 Å². The molecule has 1 aliphatic heterocycles. The molecule has 0 aromatic rings. The van der Waals surface area contributed by atoms with E-state index in [0.29, 0.717) is 26.4 Å². The molecule has 3 N–H and O–H groups in total. The Morgan fingerprint density at radius 2 is 2.28 bits per heavy atom. The van der Waals surface area contributed by atoms with Gasteiger partial charge in [-0.1, -0.05) is 13.8 Å². The molecule has 5 nitrogen and oxygen atoms in total. The van der Waals surface area contributed by atoms with Gasteiger partial charge in [-0.2, -0.15) is 0 Å². The topological polar surface area (TPSA) is 73.6 Å². The second-order valence-electron chi connectivity index (χ2n) is 5.73. The van der Waals surface area contributed by atoms with Gasteiger partial charge in [0.15, 0.2) is 0 Å². The lowest BCUT2D eigenvalue weighted by Gasteiger charge is -2.60. The number of fused-ring (bicyclic) bond motifs is 1. The zero-order valence-electron chi connectivity index (χ0n) is 11.5. The van der Waals surface area contributed by atoms with Crippen molar-refractivity contribution in [2.75, 3.05) is 26.4 Å². The molecule has 3 atom stereocenters. The summed E-state index contributed by atoms with van der Waals surface area (Å²) < 4.78 is 10.9. The molecule has 0 radical (unpaired) electrons. The number of amides is 1. The Morgan fingerprint density at radius 1 is 1.56 bits per heavy atom. The van der Waals surface area contributed by atoms with Gasteiger partial charge in [0.25, 0.3) is 0 Å². The van der Waals surface area contributed by atoms with Crippen LogP contribution in [0.1, 0.15) is 27.2 Å². The Bertz CT molecular complexity index is 332. The molecule has 1 aliphatic carbocycles. The monoisotopic (exact) mass is 256 g/mol. The maximum atomic E-state index is 12.3. The number of nitrogens with two attached hydrogens (primary N) is 1. The second kappa shape index (κ2) is 4.79. The normalized spacial score (nSPS) is 36.9. The van der Waals surface area contributed by atoms with Gasteiger partial charge < -0.3 is 20.5 Å². The van der Waals surface area contributed by atoms with Crippen molar-refractivity contribution in [3.05, 3.63) is 0 Å². The van der Waals surface area contributed by atoms with E-state index in [1.54, 1.807) is 0 Å². The number of ether oxygens (including phenoxy) is 2. The summed E-state index contributed by atoms with van der Waals surface area (Å²) in [4.78, 5) is 12.3. The van der Waals surface area contributed by atoms with Gasteiger partial charge in [0.1, 0.15) is 5.54 Å². The molecule has 0 aromatic carbocycles. The third kappa shape index (κ3) is 1.76. The third-order valence-corrected chi connectivity index (χ3v) is 4.57. The van der Waals surface area contributed by atoms with Crippen LogP contribution in [0.25, 0.3) is 0 Å². The van der Waals surface area contributed by atoms with Gasteiger partial charge in [0.2, 0.25) is 5.91 Å². The maximum Gasteiger partial charge on any atom is 0.241 e. The second-order valence-corrected chi connectivity index (χ2v) is 5.73. The fraction of sp³-hybridized carbons (Fsp3) is 0.923. The molecule has 2 aliphatic rings. The largest absolute Gasteiger partial charge is 0.380 e. The van der Waals surface area contributed by atoms with E-state index in [-0.39, 0.29) is 23.3 Å². The fourth-order valence-corrected chi connectivity index (χ4v) is 3.37. The summed E-state index contributed by atoms with van der Waals surface area (Å²) in [5, 5.41) is 2.88. The summed E-state index contributed by atoms with van der Waals surface area (Å²) in [6, 6.07) is 0. The van der Waals surface area contributed by atoms with Gasteiger partial charge in [-0.15, -0.1) is 0 Å². The number of rotatable bonds is 5. The van der Waals surface area contributed by atoms with Crippen LogP contribution in [0.3, 0.4) is 0 Å². The highest BCUT2D eigenvalue weighted by molar-refractivity contribution is 5.89. The first-order valence-corrected chi connectivity index (χ1v) is 6.72. The van der Waals surface area contributed by atoms with Crippen molar-refractivity contribution in [3.8, 4) is 0 Å². The zero-order valence-corrected chi connectivity index (χ0v) is 11.5. The van der Waals surface area contributed by atoms with Crippen LogP contribution in [0.15, 0.2) is 0 Å². The first-order valence-electron chi connectivity index (χ1n) is 6.72. The van der Waals surface area contributed by atoms with Gasteiger partial charge in [0, 0.05) is 31.1 Å². The first-order chi connectivity index (χ1) is 8.46. The summed E-state index contributed by atoms with van der Waals surface area (Å²) in [5.41, 5.74) is 5.28. The lowest BCUT2D eigenvalue weighted by Crippen LogP contribution is -2.80. The summed E-state index contributed by atoms with van der Waals surface area (Å²) in [6.07, 6.45) is 1.00. The summed E-state index contributed by atoms with van der Waals surface area (Å²) in [7, 11) is 0. The van der Waals surface area contributed by atoms with Crippen LogP contribution in [0.2, 0.25) is 0 Å². The van der Waals surface area contributed by atoms with Crippen molar-refractivity contribution in [1.29, 1.82) is 0 Å². The molecule has 104 valence electrons. The standard InChI is InChI=1S/C13H24N2O3/c1-4-17-8-6-15-11(16)13(14)9-5-7-18-10(9)12(13,2)3/h9-10H,4-8,14H2,1-3H3,(H,15,16). The zero-order chi connectivity index (χ0) is 13.4. The fourth-order valence-electron chi connectivity index (χ4n) is 3.37. The van der Waals surface area contributed by atoms with Gasteiger partial charge in [-0.05, 0) is 13.3 Å². The van der Waals surface area contributed by atoms with E-state index in [4.69, 9.17) is 15.2 Å². The number of hydrogen-bond donors (Lipinski definition) is 2. The van der Waals surface area contributed by atoms with Gasteiger partial charge in [-0.3, -0.25) is 4.79 Å². The predicted octanol–water partition coefficient (Wildman–Crippen LogP) is 0.282. The van der Waals surface area contributed by atoms with E-state index in [0.717, 1.165) is 6.42 Å². The van der Waals surface area contributed by atoms with Crippen molar-refractivity contribution in [3.63, 3.8) is 0 Å². The highest BCUT2D eigenvalue weighted by Crippen LogP contribution is 2.58. The van der Waals surface area contributed by atoms with E-state index in [1.165, 1.54) is 0 Å². The van der Waals surface area contributed by atoms with E-state index < -0.39 is 5.54 Å². The number of carbonyl (C=O) groups is 1. The molecule has 5 heteroatoms. The minimum Gasteiger partial charge on any atom is -0.380 e. The molecule has 1 amide bonds. The van der Waals surface area contributed by atoms with E-state index in [1.807, 2.05) is 20.8 Å². The quantitative estimate of drug-likeness (QED) is 0.693. The Morgan fingerprint density at radius 3 is 2.94 bits per heavy atom. The van der Waals surface area contributed by atoms with Crippen LogP contribution < -0.4 is 11.1 Å². The molecule has 3 unspecified atom stereocenters. The van der Waals surface area contributed by atoms with Gasteiger partial charge in [-0.25, -0.2) is 0 Å². The van der Waals surface area contributed by atoms with Crippen molar-refractivity contribution in [2.24, 2.45) is 17.1 Å². The number of nitrogens with one attached hydrogen (secondary N) is 1. The van der Waals surface area contributed by atoms with Crippen LogP contribution in [-0.4, -0.2) is 43.9 Å². The van der Waals surface area contributed by atoms with E-state index in [2.05, 4.69) is 5.32 Å². The SMILES string of the molecule is CCOCCNC(=O)C1(N)C2CCOC2C1(C)C. The van der Waals surface area contributed by atoms with Crippen molar-refractivity contribution in [1.82, 2.24) is 5.32 Å². The van der Waals surface area contributed by atoms with Crippen LogP contribution in [0, 0.1) is 11.3 Å². The number of carbonyl (C=O) groups excluding carboxylic acids is 1.